The van der Waals surface area contributed by atoms with E-state index in [1.54, 1.807) is 6.20 Å². The van der Waals surface area contributed by atoms with Crippen LogP contribution in [0.2, 0.25) is 0 Å². The number of benzene rings is 1. The fourth-order valence-electron chi connectivity index (χ4n) is 1.28. The minimum atomic E-state index is 0.381. The molecule has 3 heteroatoms. The molecule has 0 aliphatic carbocycles. The van der Waals surface area contributed by atoms with Gasteiger partial charge in [0.15, 0.2) is 5.76 Å². The van der Waals surface area contributed by atoms with Gasteiger partial charge in [-0.3, -0.25) is 0 Å². The quantitative estimate of drug-likeness (QED) is 0.760. The van der Waals surface area contributed by atoms with Crippen molar-refractivity contribution in [3.63, 3.8) is 0 Å². The zero-order valence-electron chi connectivity index (χ0n) is 7.77. The molecule has 1 aromatic carbocycles. The van der Waals surface area contributed by atoms with Crippen LogP contribution >= 0.6 is 15.9 Å². The summed E-state index contributed by atoms with van der Waals surface area (Å²) in [4.78, 5) is 0.381. The summed E-state index contributed by atoms with van der Waals surface area (Å²) in [7, 11) is 0. The van der Waals surface area contributed by atoms with E-state index >= 15 is 0 Å². The number of alkyl halides is 1. The summed E-state index contributed by atoms with van der Waals surface area (Å²) in [5.41, 5.74) is 2.31. The lowest BCUT2D eigenvalue weighted by Crippen LogP contribution is -1.82. The molecular weight excluding hydrogens is 242 g/mol. The van der Waals surface area contributed by atoms with Crippen LogP contribution < -0.4 is 0 Å². The fraction of sp³-hybridized carbons (Fsp3) is 0.182. The summed E-state index contributed by atoms with van der Waals surface area (Å²) >= 11 is 3.52. The summed E-state index contributed by atoms with van der Waals surface area (Å²) < 4.78 is 5.06. The van der Waals surface area contributed by atoms with E-state index in [1.165, 1.54) is 5.56 Å². The molecule has 0 saturated carbocycles. The van der Waals surface area contributed by atoms with Crippen molar-refractivity contribution in [2.45, 2.75) is 11.8 Å². The van der Waals surface area contributed by atoms with Crippen molar-refractivity contribution in [2.24, 2.45) is 0 Å². The predicted octanol–water partition coefficient (Wildman–Crippen LogP) is 3.80. The smallest absolute Gasteiger partial charge is 0.166 e. The molecule has 1 heterocycles. The first kappa shape index (κ1) is 9.46. The van der Waals surface area contributed by atoms with Gasteiger partial charge >= 0.3 is 0 Å². The molecular formula is C11H10BrNO. The molecule has 2 rings (SSSR count). The van der Waals surface area contributed by atoms with E-state index in [2.05, 4.69) is 40.1 Å². The average Bonchev–Trinajstić information content (AvgIpc) is 2.71. The lowest BCUT2D eigenvalue weighted by atomic mass is 10.1. The van der Waals surface area contributed by atoms with Gasteiger partial charge in [0.25, 0.3) is 0 Å². The topological polar surface area (TPSA) is 26.0 Å². The number of halogens is 1. The van der Waals surface area contributed by atoms with Crippen molar-refractivity contribution in [2.75, 3.05) is 0 Å². The number of nitrogens with zero attached hydrogens (tertiary/aromatic N) is 1. The molecule has 0 amide bonds. The third-order valence-electron chi connectivity index (χ3n) is 2.09. The lowest BCUT2D eigenvalue weighted by Gasteiger charge is -2.03. The van der Waals surface area contributed by atoms with Gasteiger partial charge in [0.2, 0.25) is 0 Å². The van der Waals surface area contributed by atoms with Gasteiger partial charge in [0.05, 0.1) is 6.20 Å². The minimum absolute atomic E-state index is 0.381. The summed E-state index contributed by atoms with van der Waals surface area (Å²) in [5.74, 6) is 0.804. The van der Waals surface area contributed by atoms with Crippen molar-refractivity contribution in [1.82, 2.24) is 5.16 Å². The molecule has 0 radical (unpaired) electrons. The Balaban J connectivity index is 2.31. The fourth-order valence-corrected chi connectivity index (χ4v) is 1.58. The third kappa shape index (κ3) is 1.87. The Morgan fingerprint density at radius 1 is 1.21 bits per heavy atom. The first-order chi connectivity index (χ1) is 6.77. The summed E-state index contributed by atoms with van der Waals surface area (Å²) in [6.07, 6.45) is 1.65. The molecule has 0 N–H and O–H groups in total. The second-order valence-corrected chi connectivity index (χ2v) is 4.49. The number of aromatic nitrogens is 1. The molecule has 0 bridgehead atoms. The van der Waals surface area contributed by atoms with E-state index in [0.29, 0.717) is 4.83 Å². The van der Waals surface area contributed by atoms with Gasteiger partial charge in [-0.05, 0) is 12.5 Å². The van der Waals surface area contributed by atoms with Crippen molar-refractivity contribution in [3.05, 3.63) is 42.1 Å². The molecule has 2 nitrogen and oxygen atoms in total. The van der Waals surface area contributed by atoms with E-state index in [1.807, 2.05) is 18.2 Å². The Morgan fingerprint density at radius 2 is 1.93 bits per heavy atom. The van der Waals surface area contributed by atoms with Gasteiger partial charge in [-0.2, -0.15) is 0 Å². The van der Waals surface area contributed by atoms with Gasteiger partial charge < -0.3 is 4.52 Å². The molecule has 0 aliphatic rings. The maximum Gasteiger partial charge on any atom is 0.166 e. The Labute approximate surface area is 91.1 Å². The SMILES string of the molecule is CC(Br)c1ccc(-c2ccno2)cc1. The van der Waals surface area contributed by atoms with Crippen LogP contribution in [0.5, 0.6) is 0 Å². The predicted molar refractivity (Wildman–Crippen MR) is 59.3 cm³/mol. The highest BCUT2D eigenvalue weighted by molar-refractivity contribution is 9.09. The minimum Gasteiger partial charge on any atom is -0.356 e. The van der Waals surface area contributed by atoms with Crippen LogP contribution in [0.3, 0.4) is 0 Å². The molecule has 0 saturated heterocycles. The first-order valence-electron chi connectivity index (χ1n) is 4.42. The Hall–Kier alpha value is -1.09. The van der Waals surface area contributed by atoms with Crippen molar-refractivity contribution in [3.8, 4) is 11.3 Å². The molecule has 0 aliphatic heterocycles. The lowest BCUT2D eigenvalue weighted by molar-refractivity contribution is 0.432. The van der Waals surface area contributed by atoms with E-state index in [-0.39, 0.29) is 0 Å². The first-order valence-corrected chi connectivity index (χ1v) is 5.34. The number of hydrogen-bond donors (Lipinski definition) is 0. The van der Waals surface area contributed by atoms with Crippen LogP contribution in [0.1, 0.15) is 17.3 Å². The summed E-state index contributed by atoms with van der Waals surface area (Å²) in [5, 5.41) is 3.67. The maximum atomic E-state index is 5.06. The van der Waals surface area contributed by atoms with E-state index < -0.39 is 0 Å². The summed E-state index contributed by atoms with van der Waals surface area (Å²) in [6, 6.07) is 10.1. The maximum absolute atomic E-state index is 5.06. The number of hydrogen-bond acceptors (Lipinski definition) is 2. The van der Waals surface area contributed by atoms with Crippen LogP contribution in [0.4, 0.5) is 0 Å². The molecule has 1 aromatic heterocycles. The van der Waals surface area contributed by atoms with Crippen LogP contribution in [0.15, 0.2) is 41.1 Å². The molecule has 1 atom stereocenters. The Kier molecular flexibility index (Phi) is 2.68. The summed E-state index contributed by atoms with van der Waals surface area (Å²) in [6.45, 7) is 2.10. The van der Waals surface area contributed by atoms with Crippen molar-refractivity contribution < 1.29 is 4.52 Å². The van der Waals surface area contributed by atoms with Crippen LogP contribution in [-0.2, 0) is 0 Å². The third-order valence-corrected chi connectivity index (χ3v) is 2.62. The zero-order chi connectivity index (χ0) is 9.97. The van der Waals surface area contributed by atoms with Crippen LogP contribution in [0, 0.1) is 0 Å². The van der Waals surface area contributed by atoms with Crippen molar-refractivity contribution in [1.29, 1.82) is 0 Å². The van der Waals surface area contributed by atoms with Crippen LogP contribution in [0.25, 0.3) is 11.3 Å². The molecule has 1 unspecified atom stereocenters. The largest absolute Gasteiger partial charge is 0.356 e. The van der Waals surface area contributed by atoms with Crippen LogP contribution in [-0.4, -0.2) is 5.16 Å². The molecule has 2 aromatic rings. The second-order valence-electron chi connectivity index (χ2n) is 3.11. The van der Waals surface area contributed by atoms with Gasteiger partial charge in [-0.25, -0.2) is 0 Å². The normalized spacial score (nSPS) is 12.7. The second kappa shape index (κ2) is 3.96. The van der Waals surface area contributed by atoms with E-state index in [9.17, 15) is 0 Å². The molecule has 72 valence electrons. The Morgan fingerprint density at radius 3 is 2.43 bits per heavy atom. The molecule has 0 fully saturated rings. The standard InChI is InChI=1S/C11H10BrNO/c1-8(12)9-2-4-10(5-3-9)11-6-7-13-14-11/h2-8H,1H3. The van der Waals surface area contributed by atoms with Crippen molar-refractivity contribution >= 4 is 15.9 Å². The van der Waals surface area contributed by atoms with Gasteiger partial charge in [0.1, 0.15) is 0 Å². The monoisotopic (exact) mass is 251 g/mol. The van der Waals surface area contributed by atoms with Gasteiger partial charge in [-0.1, -0.05) is 45.4 Å². The highest BCUT2D eigenvalue weighted by Crippen LogP contribution is 2.25. The van der Waals surface area contributed by atoms with E-state index in [0.717, 1.165) is 11.3 Å². The zero-order valence-corrected chi connectivity index (χ0v) is 9.36. The van der Waals surface area contributed by atoms with Gasteiger partial charge in [0, 0.05) is 16.5 Å². The Bertz CT molecular complexity index is 392. The van der Waals surface area contributed by atoms with E-state index in [4.69, 9.17) is 4.52 Å². The number of rotatable bonds is 2. The molecule has 14 heavy (non-hydrogen) atoms. The average molecular weight is 252 g/mol. The molecule has 0 spiro atoms. The highest BCUT2D eigenvalue weighted by atomic mass is 79.9. The van der Waals surface area contributed by atoms with Gasteiger partial charge in [-0.15, -0.1) is 0 Å². The highest BCUT2D eigenvalue weighted by Gasteiger charge is 2.03.